The summed E-state index contributed by atoms with van der Waals surface area (Å²) in [7, 11) is 0. The maximum Gasteiger partial charge on any atom is 0.410 e. The van der Waals surface area contributed by atoms with Gasteiger partial charge >= 0.3 is 6.09 Å². The fraction of sp³-hybridized carbons (Fsp3) is 0.941. The lowest BCUT2D eigenvalue weighted by atomic mass is 9.97. The van der Waals surface area contributed by atoms with Gasteiger partial charge in [-0.15, -0.1) is 0 Å². The lowest BCUT2D eigenvalue weighted by molar-refractivity contribution is 0.0165. The molecule has 1 amide bonds. The number of piperidine rings is 1. The van der Waals surface area contributed by atoms with Crippen molar-refractivity contribution in [2.75, 3.05) is 26.2 Å². The molecule has 0 spiro atoms. The molecule has 1 aliphatic carbocycles. The molecule has 0 aromatic rings. The molecule has 0 aromatic carbocycles. The zero-order valence-corrected chi connectivity index (χ0v) is 14.4. The molecule has 5 heteroatoms. The first kappa shape index (κ1) is 17.5. The Kier molecular flexibility index (Phi) is 6.09. The average Bonchev–Trinajstić information content (AvgIpc) is 2.91. The molecule has 1 aliphatic heterocycles. The fourth-order valence-corrected chi connectivity index (χ4v) is 3.63. The van der Waals surface area contributed by atoms with Crippen LogP contribution >= 0.6 is 0 Å². The minimum atomic E-state index is -0.416. The number of ether oxygens (including phenoxy) is 1. The van der Waals surface area contributed by atoms with Crippen LogP contribution < -0.4 is 11.1 Å². The molecule has 1 saturated heterocycles. The van der Waals surface area contributed by atoms with Gasteiger partial charge < -0.3 is 20.7 Å². The monoisotopic (exact) mass is 311 g/mol. The molecule has 128 valence electrons. The summed E-state index contributed by atoms with van der Waals surface area (Å²) in [4.78, 5) is 14.1. The number of hydrogen-bond donors (Lipinski definition) is 2. The van der Waals surface area contributed by atoms with Crippen molar-refractivity contribution in [2.45, 2.75) is 64.5 Å². The van der Waals surface area contributed by atoms with Crippen molar-refractivity contribution in [1.82, 2.24) is 10.2 Å². The predicted octanol–water partition coefficient (Wildman–Crippen LogP) is 2.35. The van der Waals surface area contributed by atoms with Gasteiger partial charge in [-0.1, -0.05) is 6.42 Å². The summed E-state index contributed by atoms with van der Waals surface area (Å²) < 4.78 is 5.49. The Bertz CT molecular complexity index is 367. The van der Waals surface area contributed by atoms with E-state index >= 15 is 0 Å². The van der Waals surface area contributed by atoms with Crippen LogP contribution in [0.5, 0.6) is 0 Å². The van der Waals surface area contributed by atoms with Crippen LogP contribution in [-0.2, 0) is 4.74 Å². The van der Waals surface area contributed by atoms with Crippen molar-refractivity contribution in [3.8, 4) is 0 Å². The summed E-state index contributed by atoms with van der Waals surface area (Å²) >= 11 is 0. The van der Waals surface area contributed by atoms with Crippen LogP contribution in [0.25, 0.3) is 0 Å². The molecule has 2 rings (SSSR count). The van der Waals surface area contributed by atoms with E-state index in [-0.39, 0.29) is 6.09 Å². The minimum absolute atomic E-state index is 0.169. The molecule has 0 aromatic heterocycles. The van der Waals surface area contributed by atoms with E-state index in [1.54, 1.807) is 0 Å². The Balaban J connectivity index is 1.77. The van der Waals surface area contributed by atoms with Gasteiger partial charge in [0.05, 0.1) is 0 Å². The fourth-order valence-electron chi connectivity index (χ4n) is 3.63. The maximum atomic E-state index is 12.2. The van der Waals surface area contributed by atoms with E-state index in [9.17, 15) is 4.79 Å². The average molecular weight is 311 g/mol. The van der Waals surface area contributed by atoms with Crippen LogP contribution in [0.2, 0.25) is 0 Å². The largest absolute Gasteiger partial charge is 0.444 e. The second-order valence-corrected chi connectivity index (χ2v) is 7.88. The summed E-state index contributed by atoms with van der Waals surface area (Å²) in [5.74, 6) is 1.16. The van der Waals surface area contributed by atoms with Gasteiger partial charge in [-0.2, -0.15) is 0 Å². The smallest absolute Gasteiger partial charge is 0.410 e. The van der Waals surface area contributed by atoms with Crippen molar-refractivity contribution < 1.29 is 9.53 Å². The van der Waals surface area contributed by atoms with E-state index in [0.29, 0.717) is 17.9 Å². The highest BCUT2D eigenvalue weighted by Gasteiger charge is 2.30. The van der Waals surface area contributed by atoms with E-state index < -0.39 is 5.60 Å². The third-order valence-corrected chi connectivity index (χ3v) is 4.80. The SMILES string of the molecule is CC(C)(C)OC(=O)N1CCCC(CNC2CCCC2CN)C1. The van der Waals surface area contributed by atoms with Crippen molar-refractivity contribution in [3.05, 3.63) is 0 Å². The van der Waals surface area contributed by atoms with Crippen LogP contribution in [0.4, 0.5) is 4.79 Å². The lowest BCUT2D eigenvalue weighted by Gasteiger charge is -2.35. The number of carbonyl (C=O) groups excluding carboxylic acids is 1. The zero-order valence-electron chi connectivity index (χ0n) is 14.4. The van der Waals surface area contributed by atoms with Crippen LogP contribution in [0.3, 0.4) is 0 Å². The quantitative estimate of drug-likeness (QED) is 0.836. The Morgan fingerprint density at radius 1 is 1.27 bits per heavy atom. The summed E-state index contributed by atoms with van der Waals surface area (Å²) in [6.45, 7) is 9.15. The summed E-state index contributed by atoms with van der Waals surface area (Å²) in [5, 5.41) is 3.70. The topological polar surface area (TPSA) is 67.6 Å². The molecule has 2 aliphatic rings. The molecule has 2 fully saturated rings. The third kappa shape index (κ3) is 5.13. The van der Waals surface area contributed by atoms with Crippen LogP contribution in [0.1, 0.15) is 52.9 Å². The Hall–Kier alpha value is -0.810. The molecule has 1 saturated carbocycles. The van der Waals surface area contributed by atoms with Gasteiger partial charge in [0.1, 0.15) is 5.60 Å². The summed E-state index contributed by atoms with van der Waals surface area (Å²) in [6, 6.07) is 0.571. The highest BCUT2D eigenvalue weighted by atomic mass is 16.6. The second kappa shape index (κ2) is 7.64. The number of rotatable bonds is 4. The van der Waals surface area contributed by atoms with Gasteiger partial charge in [0.25, 0.3) is 0 Å². The minimum Gasteiger partial charge on any atom is -0.444 e. The molecular formula is C17H33N3O2. The number of likely N-dealkylation sites (tertiary alicyclic amines) is 1. The van der Waals surface area contributed by atoms with Gasteiger partial charge in [0, 0.05) is 19.1 Å². The van der Waals surface area contributed by atoms with Crippen LogP contribution in [-0.4, -0.2) is 48.8 Å². The number of nitrogens with one attached hydrogen (secondary N) is 1. The van der Waals surface area contributed by atoms with Crippen LogP contribution in [0, 0.1) is 11.8 Å². The summed E-state index contributed by atoms with van der Waals surface area (Å²) in [5.41, 5.74) is 5.43. The number of carbonyl (C=O) groups is 1. The molecule has 3 N–H and O–H groups in total. The first-order valence-corrected chi connectivity index (χ1v) is 8.80. The van der Waals surface area contributed by atoms with E-state index in [4.69, 9.17) is 10.5 Å². The predicted molar refractivity (Wildman–Crippen MR) is 88.7 cm³/mol. The lowest BCUT2D eigenvalue weighted by Crippen LogP contribution is -2.46. The Labute approximate surface area is 134 Å². The highest BCUT2D eigenvalue weighted by molar-refractivity contribution is 5.68. The molecular weight excluding hydrogens is 278 g/mol. The van der Waals surface area contributed by atoms with Gasteiger partial charge in [0.2, 0.25) is 0 Å². The van der Waals surface area contributed by atoms with Crippen molar-refractivity contribution in [1.29, 1.82) is 0 Å². The number of amides is 1. The number of nitrogens with zero attached hydrogens (tertiary/aromatic N) is 1. The molecule has 0 radical (unpaired) electrons. The van der Waals surface area contributed by atoms with E-state index in [1.165, 1.54) is 25.7 Å². The Morgan fingerprint density at radius 2 is 2.05 bits per heavy atom. The molecule has 1 heterocycles. The number of nitrogens with two attached hydrogens (primary N) is 1. The van der Waals surface area contributed by atoms with Gasteiger partial charge in [-0.05, 0) is 71.4 Å². The first-order valence-electron chi connectivity index (χ1n) is 8.80. The Morgan fingerprint density at radius 3 is 2.73 bits per heavy atom. The molecule has 5 nitrogen and oxygen atoms in total. The molecule has 3 unspecified atom stereocenters. The van der Waals surface area contributed by atoms with E-state index in [2.05, 4.69) is 5.32 Å². The maximum absolute atomic E-state index is 12.2. The molecule has 3 atom stereocenters. The molecule has 0 bridgehead atoms. The van der Waals surface area contributed by atoms with Gasteiger partial charge in [-0.3, -0.25) is 0 Å². The zero-order chi connectivity index (χ0) is 16.2. The van der Waals surface area contributed by atoms with Crippen LogP contribution in [0.15, 0.2) is 0 Å². The second-order valence-electron chi connectivity index (χ2n) is 7.88. The van der Waals surface area contributed by atoms with Crippen molar-refractivity contribution >= 4 is 6.09 Å². The van der Waals surface area contributed by atoms with Gasteiger partial charge in [-0.25, -0.2) is 4.79 Å². The van der Waals surface area contributed by atoms with E-state index in [0.717, 1.165) is 32.6 Å². The normalized spacial score (nSPS) is 29.6. The van der Waals surface area contributed by atoms with Crippen molar-refractivity contribution in [3.63, 3.8) is 0 Å². The van der Waals surface area contributed by atoms with Gasteiger partial charge in [0.15, 0.2) is 0 Å². The highest BCUT2D eigenvalue weighted by Crippen LogP contribution is 2.25. The van der Waals surface area contributed by atoms with E-state index in [1.807, 2.05) is 25.7 Å². The standard InChI is InChI=1S/C17H33N3O2/c1-17(2,3)22-16(21)20-9-5-6-13(12-20)11-19-15-8-4-7-14(15)10-18/h13-15,19H,4-12,18H2,1-3H3. The summed E-state index contributed by atoms with van der Waals surface area (Å²) in [6.07, 6.45) is 5.86. The first-order chi connectivity index (χ1) is 10.4. The third-order valence-electron chi connectivity index (χ3n) is 4.80. The van der Waals surface area contributed by atoms with Crippen molar-refractivity contribution in [2.24, 2.45) is 17.6 Å². The molecule has 22 heavy (non-hydrogen) atoms. The number of hydrogen-bond acceptors (Lipinski definition) is 4.